The Kier molecular flexibility index (Phi) is 4.59. The van der Waals surface area contributed by atoms with E-state index < -0.39 is 0 Å². The van der Waals surface area contributed by atoms with E-state index in [-0.39, 0.29) is 0 Å². The molecule has 1 N–H and O–H groups in total. The number of rotatable bonds is 4. The van der Waals surface area contributed by atoms with Crippen LogP contribution in [0.15, 0.2) is 48.7 Å². The maximum atomic E-state index is 8.94. The van der Waals surface area contributed by atoms with Gasteiger partial charge in [-0.1, -0.05) is 36.5 Å². The molecule has 0 saturated carbocycles. The summed E-state index contributed by atoms with van der Waals surface area (Å²) in [6, 6.07) is 15.6. The zero-order valence-corrected chi connectivity index (χ0v) is 16.2. The summed E-state index contributed by atoms with van der Waals surface area (Å²) in [7, 11) is 0. The molecule has 0 fully saturated rings. The topological polar surface area (TPSA) is 88.1 Å². The molecule has 0 aliphatic carbocycles. The Labute approximate surface area is 166 Å². The van der Waals surface area contributed by atoms with Gasteiger partial charge in [-0.25, -0.2) is 9.36 Å². The van der Waals surface area contributed by atoms with E-state index in [1.54, 1.807) is 16.8 Å². The van der Waals surface area contributed by atoms with E-state index in [1.807, 2.05) is 35.1 Å². The molecule has 0 saturated heterocycles. The van der Waals surface area contributed by atoms with Gasteiger partial charge in [0.25, 0.3) is 0 Å². The Hall–Kier alpha value is -3.57. The Morgan fingerprint density at radius 3 is 2.68 bits per heavy atom. The molecule has 0 amide bonds. The normalized spacial score (nSPS) is 10.8. The van der Waals surface area contributed by atoms with Crippen molar-refractivity contribution < 1.29 is 0 Å². The lowest BCUT2D eigenvalue weighted by molar-refractivity contribution is 0.653. The highest BCUT2D eigenvalue weighted by atomic mass is 32.1. The van der Waals surface area contributed by atoms with Crippen molar-refractivity contribution >= 4 is 12.2 Å². The monoisotopic (exact) mass is 387 g/mol. The fourth-order valence-corrected chi connectivity index (χ4v) is 3.35. The predicted octanol–water partition coefficient (Wildman–Crippen LogP) is 3.73. The maximum Gasteiger partial charge on any atom is 0.186 e. The van der Waals surface area contributed by atoms with Gasteiger partial charge in [-0.2, -0.15) is 5.26 Å². The molecule has 138 valence electrons. The zero-order valence-electron chi connectivity index (χ0n) is 15.4. The summed E-state index contributed by atoms with van der Waals surface area (Å²) in [5.41, 5.74) is 5.73. The second-order valence-corrected chi connectivity index (χ2v) is 6.90. The highest BCUT2D eigenvalue weighted by Gasteiger charge is 2.15. The SMILES string of the molecule is Cc1cccc(-n2[nH]cc(-c3nnnn3Cc3ccc(C#N)cc3)c2=S)c1C. The first-order valence-corrected chi connectivity index (χ1v) is 9.12. The van der Waals surface area contributed by atoms with Crippen LogP contribution in [0.25, 0.3) is 17.1 Å². The molecule has 0 bridgehead atoms. The van der Waals surface area contributed by atoms with Crippen LogP contribution in [-0.4, -0.2) is 30.0 Å². The summed E-state index contributed by atoms with van der Waals surface area (Å²) < 4.78 is 4.19. The summed E-state index contributed by atoms with van der Waals surface area (Å²) in [4.78, 5) is 0. The van der Waals surface area contributed by atoms with Crippen molar-refractivity contribution in [3.05, 3.63) is 75.6 Å². The second kappa shape index (κ2) is 7.21. The van der Waals surface area contributed by atoms with Crippen molar-refractivity contribution in [3.63, 3.8) is 0 Å². The predicted molar refractivity (Wildman–Crippen MR) is 107 cm³/mol. The van der Waals surface area contributed by atoms with Crippen molar-refractivity contribution in [1.29, 1.82) is 5.26 Å². The number of tetrazole rings is 1. The van der Waals surface area contributed by atoms with Crippen molar-refractivity contribution in [2.45, 2.75) is 20.4 Å². The van der Waals surface area contributed by atoms with Crippen molar-refractivity contribution in [3.8, 4) is 23.1 Å². The molecule has 28 heavy (non-hydrogen) atoms. The number of aromatic nitrogens is 6. The molecule has 0 atom stereocenters. The first-order valence-electron chi connectivity index (χ1n) is 8.71. The van der Waals surface area contributed by atoms with Gasteiger partial charge in [-0.15, -0.1) is 5.10 Å². The van der Waals surface area contributed by atoms with E-state index in [2.05, 4.69) is 46.6 Å². The van der Waals surface area contributed by atoms with Crippen LogP contribution in [0.4, 0.5) is 0 Å². The Morgan fingerprint density at radius 1 is 1.14 bits per heavy atom. The minimum atomic E-state index is 0.484. The van der Waals surface area contributed by atoms with Gasteiger partial charge in [0.05, 0.1) is 29.4 Å². The molecule has 4 aromatic rings. The van der Waals surface area contributed by atoms with E-state index in [4.69, 9.17) is 17.5 Å². The summed E-state index contributed by atoms with van der Waals surface area (Å²) in [6.45, 7) is 4.63. The number of nitriles is 1. The van der Waals surface area contributed by atoms with Crippen LogP contribution in [0.1, 0.15) is 22.3 Å². The number of H-pyrrole nitrogens is 1. The smallest absolute Gasteiger partial charge is 0.186 e. The lowest BCUT2D eigenvalue weighted by atomic mass is 10.1. The van der Waals surface area contributed by atoms with Crippen LogP contribution in [0.5, 0.6) is 0 Å². The standard InChI is InChI=1S/C20H17N7S/c1-13-4-3-5-18(14(13)2)27-20(28)17(11-22-27)19-23-24-25-26(19)12-16-8-6-15(10-21)7-9-16/h3-9,11,22H,12H2,1-2H3. The fraction of sp³-hybridized carbons (Fsp3) is 0.150. The summed E-state index contributed by atoms with van der Waals surface area (Å²) in [5, 5.41) is 24.3. The van der Waals surface area contributed by atoms with Crippen LogP contribution in [0, 0.1) is 29.8 Å². The van der Waals surface area contributed by atoms with Crippen LogP contribution < -0.4 is 0 Å². The highest BCUT2D eigenvalue weighted by Crippen LogP contribution is 2.23. The average molecular weight is 387 g/mol. The third-order valence-electron chi connectivity index (χ3n) is 4.78. The zero-order chi connectivity index (χ0) is 19.7. The van der Waals surface area contributed by atoms with E-state index in [0.717, 1.165) is 22.4 Å². The van der Waals surface area contributed by atoms with Gasteiger partial charge in [-0.05, 0) is 59.2 Å². The van der Waals surface area contributed by atoms with Crippen molar-refractivity contribution in [2.24, 2.45) is 0 Å². The fourth-order valence-electron chi connectivity index (χ4n) is 3.05. The Balaban J connectivity index is 1.71. The van der Waals surface area contributed by atoms with E-state index >= 15 is 0 Å². The lowest BCUT2D eigenvalue weighted by Gasteiger charge is -2.09. The van der Waals surface area contributed by atoms with E-state index in [0.29, 0.717) is 22.6 Å². The highest BCUT2D eigenvalue weighted by molar-refractivity contribution is 7.71. The number of aryl methyl sites for hydroxylation is 1. The number of benzene rings is 2. The quantitative estimate of drug-likeness (QED) is 0.539. The summed E-state index contributed by atoms with van der Waals surface area (Å²) in [5.74, 6) is 0.592. The minimum absolute atomic E-state index is 0.484. The molecule has 2 aromatic heterocycles. The molecule has 0 aliphatic rings. The van der Waals surface area contributed by atoms with Gasteiger partial charge in [0.2, 0.25) is 0 Å². The third kappa shape index (κ3) is 3.12. The van der Waals surface area contributed by atoms with Gasteiger partial charge in [-0.3, -0.25) is 5.10 Å². The summed E-state index contributed by atoms with van der Waals surface area (Å²) in [6.07, 6.45) is 1.82. The molecule has 4 rings (SSSR count). The van der Waals surface area contributed by atoms with Gasteiger partial charge >= 0.3 is 0 Å². The van der Waals surface area contributed by atoms with Gasteiger partial charge in [0.1, 0.15) is 4.64 Å². The molecule has 0 spiro atoms. The van der Waals surface area contributed by atoms with Crippen LogP contribution >= 0.6 is 12.2 Å². The largest absolute Gasteiger partial charge is 0.299 e. The van der Waals surface area contributed by atoms with E-state index in [9.17, 15) is 0 Å². The minimum Gasteiger partial charge on any atom is -0.299 e. The molecule has 0 aliphatic heterocycles. The number of aromatic amines is 1. The maximum absolute atomic E-state index is 8.94. The molecule has 2 heterocycles. The molecular weight excluding hydrogens is 370 g/mol. The molecule has 8 heteroatoms. The van der Waals surface area contributed by atoms with E-state index in [1.165, 1.54) is 5.56 Å². The van der Waals surface area contributed by atoms with Crippen molar-refractivity contribution in [2.75, 3.05) is 0 Å². The second-order valence-electron chi connectivity index (χ2n) is 6.52. The average Bonchev–Trinajstić information content (AvgIpc) is 3.31. The molecular formula is C20H17N7S. The third-order valence-corrected chi connectivity index (χ3v) is 5.18. The molecule has 0 radical (unpaired) electrons. The van der Waals surface area contributed by atoms with Crippen molar-refractivity contribution in [1.82, 2.24) is 30.0 Å². The van der Waals surface area contributed by atoms with Gasteiger partial charge in [0.15, 0.2) is 5.82 Å². The molecule has 2 aromatic carbocycles. The van der Waals surface area contributed by atoms with Crippen LogP contribution in [-0.2, 0) is 6.54 Å². The number of hydrogen-bond acceptors (Lipinski definition) is 5. The molecule has 0 unspecified atom stereocenters. The molecule has 7 nitrogen and oxygen atoms in total. The van der Waals surface area contributed by atoms with Gasteiger partial charge < -0.3 is 0 Å². The Bertz CT molecular complexity index is 1240. The summed E-state index contributed by atoms with van der Waals surface area (Å²) >= 11 is 5.70. The first-order chi connectivity index (χ1) is 13.6. The Morgan fingerprint density at radius 2 is 1.93 bits per heavy atom. The number of nitrogens with one attached hydrogen (secondary N) is 1. The number of nitrogens with zero attached hydrogens (tertiary/aromatic N) is 6. The van der Waals surface area contributed by atoms with Crippen LogP contribution in [0.2, 0.25) is 0 Å². The van der Waals surface area contributed by atoms with Crippen LogP contribution in [0.3, 0.4) is 0 Å². The van der Waals surface area contributed by atoms with Gasteiger partial charge in [0, 0.05) is 6.20 Å². The lowest BCUT2D eigenvalue weighted by Crippen LogP contribution is -2.05. The first kappa shape index (κ1) is 17.8. The number of hydrogen-bond donors (Lipinski definition) is 1.